The van der Waals surface area contributed by atoms with Crippen molar-refractivity contribution in [3.05, 3.63) is 41.9 Å². The van der Waals surface area contributed by atoms with Gasteiger partial charge < -0.3 is 9.84 Å². The van der Waals surface area contributed by atoms with Crippen molar-refractivity contribution in [2.24, 2.45) is 0 Å². The van der Waals surface area contributed by atoms with Crippen molar-refractivity contribution < 1.29 is 9.32 Å². The second-order valence-electron chi connectivity index (χ2n) is 6.97. The normalized spacial score (nSPS) is 17.7. The van der Waals surface area contributed by atoms with E-state index in [0.717, 1.165) is 24.1 Å². The Morgan fingerprint density at radius 3 is 2.88 bits per heavy atom. The van der Waals surface area contributed by atoms with Crippen LogP contribution in [0.2, 0.25) is 0 Å². The lowest BCUT2D eigenvalue weighted by Crippen LogP contribution is -2.35. The van der Waals surface area contributed by atoms with Crippen molar-refractivity contribution in [2.45, 2.75) is 37.1 Å². The summed E-state index contributed by atoms with van der Waals surface area (Å²) in [6.07, 6.45) is 6.80. The molecule has 2 aliphatic rings. The first-order valence-electron chi connectivity index (χ1n) is 8.64. The molecule has 0 unspecified atom stereocenters. The van der Waals surface area contributed by atoms with Gasteiger partial charge in [-0.05, 0) is 43.9 Å². The third kappa shape index (κ3) is 2.42. The summed E-state index contributed by atoms with van der Waals surface area (Å²) >= 11 is 0. The molecule has 2 aliphatic carbocycles. The molecular formula is C19H15N5O2. The molecule has 5 rings (SSSR count). The number of carbonyl (C=O) groups is 1. The van der Waals surface area contributed by atoms with E-state index in [0.29, 0.717) is 41.1 Å². The number of pyridine rings is 2. The molecule has 7 nitrogen and oxygen atoms in total. The summed E-state index contributed by atoms with van der Waals surface area (Å²) in [7, 11) is 0. The van der Waals surface area contributed by atoms with E-state index in [-0.39, 0.29) is 5.91 Å². The Morgan fingerprint density at radius 1 is 1.38 bits per heavy atom. The first kappa shape index (κ1) is 15.0. The number of aromatic nitrogens is 3. The van der Waals surface area contributed by atoms with E-state index >= 15 is 0 Å². The molecule has 2 fully saturated rings. The fraction of sp³-hybridized carbons (Fsp3) is 0.316. The molecular weight excluding hydrogens is 330 g/mol. The van der Waals surface area contributed by atoms with Crippen LogP contribution in [0.15, 0.2) is 35.1 Å². The highest BCUT2D eigenvalue weighted by molar-refractivity contribution is 6.07. The van der Waals surface area contributed by atoms with Crippen molar-refractivity contribution in [3.8, 4) is 17.3 Å². The summed E-state index contributed by atoms with van der Waals surface area (Å²) in [6.45, 7) is 0. The van der Waals surface area contributed by atoms with Crippen molar-refractivity contribution in [3.63, 3.8) is 0 Å². The first-order valence-corrected chi connectivity index (χ1v) is 8.64. The number of nitriles is 1. The third-order valence-corrected chi connectivity index (χ3v) is 4.96. The van der Waals surface area contributed by atoms with E-state index in [9.17, 15) is 10.1 Å². The van der Waals surface area contributed by atoms with E-state index in [1.807, 2.05) is 12.1 Å². The van der Waals surface area contributed by atoms with Crippen molar-refractivity contribution in [2.75, 3.05) is 0 Å². The zero-order chi connectivity index (χ0) is 17.7. The average molecular weight is 345 g/mol. The molecule has 0 aliphatic heterocycles. The maximum Gasteiger partial charge on any atom is 0.259 e. The van der Waals surface area contributed by atoms with E-state index in [1.165, 1.54) is 0 Å². The van der Waals surface area contributed by atoms with Crippen LogP contribution in [0.4, 0.5) is 0 Å². The Morgan fingerprint density at radius 2 is 2.23 bits per heavy atom. The maximum atomic E-state index is 13.0. The molecule has 7 heteroatoms. The number of amides is 1. The molecule has 0 bridgehead atoms. The van der Waals surface area contributed by atoms with Crippen LogP contribution in [0.5, 0.6) is 0 Å². The lowest BCUT2D eigenvalue weighted by Gasteiger charge is -2.11. The average Bonchev–Trinajstić information content (AvgIpc) is 3.61. The summed E-state index contributed by atoms with van der Waals surface area (Å²) in [4.78, 5) is 21.6. The number of nitrogens with one attached hydrogen (secondary N) is 1. The maximum absolute atomic E-state index is 13.0. The molecule has 26 heavy (non-hydrogen) atoms. The van der Waals surface area contributed by atoms with Crippen LogP contribution in [0.1, 0.15) is 47.7 Å². The van der Waals surface area contributed by atoms with Gasteiger partial charge >= 0.3 is 0 Å². The molecule has 0 spiro atoms. The largest absolute Gasteiger partial charge is 0.335 e. The summed E-state index contributed by atoms with van der Waals surface area (Å²) in [6, 6.07) is 7.62. The topological polar surface area (TPSA) is 105 Å². The minimum absolute atomic E-state index is 0.285. The van der Waals surface area contributed by atoms with Gasteiger partial charge in [-0.15, -0.1) is 0 Å². The van der Waals surface area contributed by atoms with E-state index in [1.54, 1.807) is 18.5 Å². The number of nitrogens with zero attached hydrogens (tertiary/aromatic N) is 4. The first-order chi connectivity index (χ1) is 12.7. The van der Waals surface area contributed by atoms with Gasteiger partial charge in [-0.3, -0.25) is 9.78 Å². The number of hydrogen-bond donors (Lipinski definition) is 1. The van der Waals surface area contributed by atoms with Crippen molar-refractivity contribution in [1.82, 2.24) is 20.4 Å². The number of hydrogen-bond acceptors (Lipinski definition) is 6. The highest BCUT2D eigenvalue weighted by Crippen LogP contribution is 2.44. The smallest absolute Gasteiger partial charge is 0.259 e. The standard InChI is InChI=1S/C19H15N5O2/c20-10-19(5-6-19)23-17(25)13-8-14(12-2-1-7-21-9-12)22-18-15(13)16(24-26-18)11-3-4-11/h1-2,7-9,11H,3-6H2,(H,23,25). The van der Waals surface area contributed by atoms with Crippen LogP contribution < -0.4 is 5.32 Å². The molecule has 1 N–H and O–H groups in total. The lowest BCUT2D eigenvalue weighted by molar-refractivity contribution is 0.0943. The third-order valence-electron chi connectivity index (χ3n) is 4.96. The number of rotatable bonds is 4. The fourth-order valence-electron chi connectivity index (χ4n) is 3.12. The Balaban J connectivity index is 1.66. The van der Waals surface area contributed by atoms with Crippen LogP contribution in [-0.4, -0.2) is 26.6 Å². The van der Waals surface area contributed by atoms with Crippen molar-refractivity contribution >= 4 is 17.0 Å². The Labute approximate surface area is 149 Å². The number of fused-ring (bicyclic) bond motifs is 1. The number of carbonyl (C=O) groups excluding carboxylic acids is 1. The van der Waals surface area contributed by atoms with E-state index in [4.69, 9.17) is 4.52 Å². The van der Waals surface area contributed by atoms with Gasteiger partial charge in [0.2, 0.25) is 0 Å². The molecule has 128 valence electrons. The van der Waals surface area contributed by atoms with Gasteiger partial charge in [0.25, 0.3) is 11.6 Å². The molecule has 3 heterocycles. The minimum Gasteiger partial charge on any atom is -0.335 e. The van der Waals surface area contributed by atoms with E-state index in [2.05, 4.69) is 26.5 Å². The second kappa shape index (κ2) is 5.36. The Kier molecular flexibility index (Phi) is 3.10. The van der Waals surface area contributed by atoms with Gasteiger partial charge in [0.1, 0.15) is 5.54 Å². The molecule has 1 amide bonds. The summed E-state index contributed by atoms with van der Waals surface area (Å²) in [5.41, 5.74) is 2.24. The fourth-order valence-corrected chi connectivity index (χ4v) is 3.12. The van der Waals surface area contributed by atoms with E-state index < -0.39 is 5.54 Å². The Hall–Kier alpha value is -3.27. The van der Waals surface area contributed by atoms with Crippen LogP contribution in [-0.2, 0) is 0 Å². The summed E-state index contributed by atoms with van der Waals surface area (Å²) in [5.74, 6) is 0.0337. The van der Waals surface area contributed by atoms with Crippen LogP contribution in [0, 0.1) is 11.3 Å². The van der Waals surface area contributed by atoms with Crippen LogP contribution in [0.3, 0.4) is 0 Å². The zero-order valence-electron chi connectivity index (χ0n) is 13.9. The summed E-state index contributed by atoms with van der Waals surface area (Å²) < 4.78 is 5.45. The quantitative estimate of drug-likeness (QED) is 0.779. The highest BCUT2D eigenvalue weighted by Gasteiger charge is 2.45. The minimum atomic E-state index is -0.738. The predicted molar refractivity (Wildman–Crippen MR) is 92.1 cm³/mol. The highest BCUT2D eigenvalue weighted by atomic mass is 16.5. The predicted octanol–water partition coefficient (Wildman–Crippen LogP) is 2.95. The van der Waals surface area contributed by atoms with Crippen LogP contribution in [0.25, 0.3) is 22.4 Å². The molecule has 0 saturated heterocycles. The molecule has 3 aromatic heterocycles. The molecule has 0 atom stereocenters. The van der Waals surface area contributed by atoms with Gasteiger partial charge in [-0.2, -0.15) is 5.26 Å². The van der Waals surface area contributed by atoms with Gasteiger partial charge in [-0.1, -0.05) is 5.16 Å². The van der Waals surface area contributed by atoms with Gasteiger partial charge in [0, 0.05) is 23.9 Å². The molecule has 0 aromatic carbocycles. The second-order valence-corrected chi connectivity index (χ2v) is 6.97. The zero-order valence-corrected chi connectivity index (χ0v) is 13.9. The van der Waals surface area contributed by atoms with Crippen LogP contribution >= 0.6 is 0 Å². The van der Waals surface area contributed by atoms with Gasteiger partial charge in [0.15, 0.2) is 0 Å². The summed E-state index contributed by atoms with van der Waals surface area (Å²) in [5, 5.41) is 17.0. The molecule has 0 radical (unpaired) electrons. The molecule has 2 saturated carbocycles. The lowest BCUT2D eigenvalue weighted by atomic mass is 10.0. The molecule has 3 aromatic rings. The Bertz CT molecular complexity index is 1060. The van der Waals surface area contributed by atoms with Crippen molar-refractivity contribution in [1.29, 1.82) is 5.26 Å². The van der Waals surface area contributed by atoms with Gasteiger partial charge in [-0.25, -0.2) is 4.98 Å². The SMILES string of the molecule is N#CC1(NC(=O)c2cc(-c3cccnc3)nc3onc(C4CC4)c23)CC1. The van der Waals surface area contributed by atoms with Gasteiger partial charge in [0.05, 0.1) is 28.4 Å². The monoisotopic (exact) mass is 345 g/mol.